The molecule has 18 heavy (non-hydrogen) atoms. The molecule has 1 saturated carbocycles. The van der Waals surface area contributed by atoms with Crippen LogP contribution in [0.25, 0.3) is 5.65 Å². The van der Waals surface area contributed by atoms with Gasteiger partial charge in [-0.25, -0.2) is 4.98 Å². The van der Waals surface area contributed by atoms with Gasteiger partial charge in [-0.3, -0.25) is 0 Å². The second kappa shape index (κ2) is 4.73. The number of hydrogen-bond acceptors (Lipinski definition) is 2. The lowest BCUT2D eigenvalue weighted by molar-refractivity contribution is 0.482. The maximum atomic E-state index is 4.59. The Labute approximate surface area is 108 Å². The molecule has 1 aliphatic carbocycles. The molecule has 3 heteroatoms. The van der Waals surface area contributed by atoms with Crippen LogP contribution >= 0.6 is 0 Å². The molecular formula is C15H21N3. The predicted molar refractivity (Wildman–Crippen MR) is 73.6 cm³/mol. The van der Waals surface area contributed by atoms with Crippen molar-refractivity contribution >= 4 is 5.65 Å². The average Bonchev–Trinajstić information content (AvgIpc) is 3.09. The number of nitrogens with zero attached hydrogens (tertiary/aromatic N) is 2. The lowest BCUT2D eigenvalue weighted by atomic mass is 10.1. The van der Waals surface area contributed by atoms with Crippen molar-refractivity contribution in [3.63, 3.8) is 0 Å². The fourth-order valence-corrected chi connectivity index (χ4v) is 2.58. The Morgan fingerprint density at radius 1 is 1.44 bits per heavy atom. The van der Waals surface area contributed by atoms with Gasteiger partial charge in [-0.2, -0.15) is 0 Å². The molecule has 2 aromatic heterocycles. The van der Waals surface area contributed by atoms with E-state index in [0.29, 0.717) is 6.04 Å². The molecule has 1 aliphatic rings. The average molecular weight is 243 g/mol. The highest BCUT2D eigenvalue weighted by atomic mass is 15.0. The summed E-state index contributed by atoms with van der Waals surface area (Å²) in [4.78, 5) is 4.59. The molecule has 0 bridgehead atoms. The van der Waals surface area contributed by atoms with Crippen molar-refractivity contribution < 1.29 is 0 Å². The first-order valence-electron chi connectivity index (χ1n) is 6.90. The van der Waals surface area contributed by atoms with Crippen LogP contribution in [0, 0.1) is 12.8 Å². The van der Waals surface area contributed by atoms with Crippen molar-refractivity contribution in [3.8, 4) is 0 Å². The van der Waals surface area contributed by atoms with E-state index in [0.717, 1.165) is 23.8 Å². The van der Waals surface area contributed by atoms with Crippen LogP contribution in [0.5, 0.6) is 0 Å². The van der Waals surface area contributed by atoms with Crippen LogP contribution in [-0.2, 0) is 6.54 Å². The van der Waals surface area contributed by atoms with Crippen molar-refractivity contribution in [3.05, 3.63) is 35.8 Å². The number of imidazole rings is 1. The molecule has 1 N–H and O–H groups in total. The molecule has 0 radical (unpaired) electrons. The first kappa shape index (κ1) is 11.7. The van der Waals surface area contributed by atoms with E-state index in [4.69, 9.17) is 0 Å². The van der Waals surface area contributed by atoms with E-state index in [9.17, 15) is 0 Å². The first-order chi connectivity index (χ1) is 8.74. The minimum Gasteiger partial charge on any atom is -0.309 e. The summed E-state index contributed by atoms with van der Waals surface area (Å²) < 4.78 is 2.19. The quantitative estimate of drug-likeness (QED) is 0.875. The number of aromatic nitrogens is 2. The first-order valence-corrected chi connectivity index (χ1v) is 6.90. The Morgan fingerprint density at radius 2 is 2.28 bits per heavy atom. The third kappa shape index (κ3) is 2.41. The summed E-state index contributed by atoms with van der Waals surface area (Å²) in [5.41, 5.74) is 3.46. The second-order valence-corrected chi connectivity index (χ2v) is 5.53. The Bertz CT molecular complexity index is 540. The summed E-state index contributed by atoms with van der Waals surface area (Å²) in [6, 6.07) is 6.76. The molecule has 3 nitrogen and oxygen atoms in total. The molecule has 0 aliphatic heterocycles. The molecule has 0 saturated heterocycles. The summed E-state index contributed by atoms with van der Waals surface area (Å²) in [6.07, 6.45) is 6.27. The van der Waals surface area contributed by atoms with Gasteiger partial charge in [0.15, 0.2) is 0 Å². The van der Waals surface area contributed by atoms with E-state index in [1.165, 1.54) is 25.0 Å². The number of nitrogens with one attached hydrogen (secondary N) is 1. The zero-order chi connectivity index (χ0) is 12.5. The van der Waals surface area contributed by atoms with Crippen molar-refractivity contribution in [2.75, 3.05) is 0 Å². The van der Waals surface area contributed by atoms with Gasteiger partial charge in [0.1, 0.15) is 5.65 Å². The molecule has 0 amide bonds. The lowest BCUT2D eigenvalue weighted by Gasteiger charge is -2.13. The van der Waals surface area contributed by atoms with E-state index in [1.807, 2.05) is 6.07 Å². The number of aryl methyl sites for hydroxylation is 1. The lowest BCUT2D eigenvalue weighted by Crippen LogP contribution is -2.26. The topological polar surface area (TPSA) is 29.3 Å². The highest BCUT2D eigenvalue weighted by Gasteiger charge is 2.23. The molecule has 1 atom stereocenters. The monoisotopic (exact) mass is 243 g/mol. The van der Waals surface area contributed by atoms with Crippen LogP contribution in [0.3, 0.4) is 0 Å². The number of fused-ring (bicyclic) bond motifs is 1. The largest absolute Gasteiger partial charge is 0.309 e. The van der Waals surface area contributed by atoms with Crippen LogP contribution in [0.4, 0.5) is 0 Å². The Balaban J connectivity index is 1.71. The molecular weight excluding hydrogens is 222 g/mol. The minimum absolute atomic E-state index is 0.603. The molecule has 0 aromatic carbocycles. The number of pyridine rings is 1. The standard InChI is InChI=1S/C15H21N3/c1-11(9-13-6-7-13)16-10-14-12(2)17-15-5-3-4-8-18(14)15/h3-5,8,11,13,16H,6-7,9-10H2,1-2H3. The number of rotatable bonds is 5. The van der Waals surface area contributed by atoms with E-state index < -0.39 is 0 Å². The van der Waals surface area contributed by atoms with Gasteiger partial charge < -0.3 is 9.72 Å². The highest BCUT2D eigenvalue weighted by molar-refractivity contribution is 5.42. The molecule has 3 rings (SSSR count). The molecule has 96 valence electrons. The molecule has 2 heterocycles. The molecule has 2 aromatic rings. The van der Waals surface area contributed by atoms with Gasteiger partial charge in [-0.1, -0.05) is 18.9 Å². The summed E-state index contributed by atoms with van der Waals surface area (Å²) in [5.74, 6) is 0.982. The van der Waals surface area contributed by atoms with E-state index in [2.05, 4.69) is 46.9 Å². The summed E-state index contributed by atoms with van der Waals surface area (Å²) in [6.45, 7) is 5.29. The SMILES string of the molecule is Cc1nc2ccccn2c1CNC(C)CC1CC1. The fourth-order valence-electron chi connectivity index (χ4n) is 2.58. The Kier molecular flexibility index (Phi) is 3.08. The normalized spacial score (nSPS) is 17.2. The van der Waals surface area contributed by atoms with Crippen LogP contribution < -0.4 is 5.32 Å². The van der Waals surface area contributed by atoms with Crippen molar-refractivity contribution in [2.24, 2.45) is 5.92 Å². The van der Waals surface area contributed by atoms with Crippen LogP contribution in [0.2, 0.25) is 0 Å². The third-order valence-electron chi connectivity index (χ3n) is 3.83. The van der Waals surface area contributed by atoms with Gasteiger partial charge in [0, 0.05) is 18.8 Å². The van der Waals surface area contributed by atoms with Gasteiger partial charge >= 0.3 is 0 Å². The summed E-state index contributed by atoms with van der Waals surface area (Å²) in [5, 5.41) is 3.63. The predicted octanol–water partition coefficient (Wildman–Crippen LogP) is 2.92. The molecule has 1 unspecified atom stereocenters. The summed E-state index contributed by atoms with van der Waals surface area (Å²) in [7, 11) is 0. The van der Waals surface area contributed by atoms with Gasteiger partial charge in [-0.15, -0.1) is 0 Å². The van der Waals surface area contributed by atoms with Crippen LogP contribution in [0.15, 0.2) is 24.4 Å². The van der Waals surface area contributed by atoms with Gasteiger partial charge in [0.25, 0.3) is 0 Å². The van der Waals surface area contributed by atoms with Gasteiger partial charge in [-0.05, 0) is 38.3 Å². The second-order valence-electron chi connectivity index (χ2n) is 5.53. The van der Waals surface area contributed by atoms with Crippen molar-refractivity contribution in [1.82, 2.24) is 14.7 Å². The van der Waals surface area contributed by atoms with E-state index >= 15 is 0 Å². The van der Waals surface area contributed by atoms with E-state index in [1.54, 1.807) is 0 Å². The van der Waals surface area contributed by atoms with Crippen molar-refractivity contribution in [2.45, 2.75) is 45.7 Å². The van der Waals surface area contributed by atoms with Crippen LogP contribution in [-0.4, -0.2) is 15.4 Å². The molecule has 0 spiro atoms. The van der Waals surface area contributed by atoms with Gasteiger partial charge in [0.2, 0.25) is 0 Å². The zero-order valence-electron chi connectivity index (χ0n) is 11.2. The van der Waals surface area contributed by atoms with Crippen LogP contribution in [0.1, 0.15) is 37.6 Å². The Hall–Kier alpha value is -1.35. The zero-order valence-corrected chi connectivity index (χ0v) is 11.2. The maximum absolute atomic E-state index is 4.59. The number of hydrogen-bond donors (Lipinski definition) is 1. The smallest absolute Gasteiger partial charge is 0.137 e. The van der Waals surface area contributed by atoms with Gasteiger partial charge in [0.05, 0.1) is 11.4 Å². The van der Waals surface area contributed by atoms with Crippen molar-refractivity contribution in [1.29, 1.82) is 0 Å². The maximum Gasteiger partial charge on any atom is 0.137 e. The highest BCUT2D eigenvalue weighted by Crippen LogP contribution is 2.33. The summed E-state index contributed by atoms with van der Waals surface area (Å²) >= 11 is 0. The molecule has 1 fully saturated rings. The third-order valence-corrected chi connectivity index (χ3v) is 3.83. The minimum atomic E-state index is 0.603. The fraction of sp³-hybridized carbons (Fsp3) is 0.533. The Morgan fingerprint density at radius 3 is 3.06 bits per heavy atom. The van der Waals surface area contributed by atoms with E-state index in [-0.39, 0.29) is 0 Å².